The molecule has 0 heterocycles. The zero-order valence-corrected chi connectivity index (χ0v) is 8.27. The Morgan fingerprint density at radius 1 is 1.09 bits per heavy atom. The molecule has 0 aromatic heterocycles. The van der Waals surface area contributed by atoms with Crippen LogP contribution >= 0.6 is 0 Å². The third kappa shape index (κ3) is 4.38. The van der Waals surface area contributed by atoms with Gasteiger partial charge in [0.2, 0.25) is 0 Å². The summed E-state index contributed by atoms with van der Waals surface area (Å²) >= 11 is 0. The summed E-state index contributed by atoms with van der Waals surface area (Å²) in [6.45, 7) is 9.11. The lowest BCUT2D eigenvalue weighted by Crippen LogP contribution is -2.44. The average molecular weight is 159 g/mol. The third-order valence-corrected chi connectivity index (χ3v) is 2.68. The van der Waals surface area contributed by atoms with Crippen LogP contribution in [0.5, 0.6) is 0 Å². The number of hydrogen-bond donors (Lipinski definition) is 1. The minimum atomic E-state index is 0.841. The third-order valence-electron chi connectivity index (χ3n) is 2.68. The van der Waals surface area contributed by atoms with Crippen LogP contribution in [0.15, 0.2) is 0 Å². The molecule has 0 atom stereocenters. The summed E-state index contributed by atoms with van der Waals surface area (Å²) in [5.41, 5.74) is 5.43. The second-order valence-electron chi connectivity index (χ2n) is 3.47. The summed E-state index contributed by atoms with van der Waals surface area (Å²) < 4.78 is 1.19. The molecule has 0 amide bonds. The Hall–Kier alpha value is -0.0800. The highest BCUT2D eigenvalue weighted by Gasteiger charge is 2.14. The SMILES string of the molecule is CC[N+](C)(CC)CCCCN. The van der Waals surface area contributed by atoms with Crippen molar-refractivity contribution in [1.82, 2.24) is 0 Å². The number of hydrogen-bond acceptors (Lipinski definition) is 1. The van der Waals surface area contributed by atoms with E-state index in [0.29, 0.717) is 0 Å². The van der Waals surface area contributed by atoms with Gasteiger partial charge in [0, 0.05) is 0 Å². The summed E-state index contributed by atoms with van der Waals surface area (Å²) in [4.78, 5) is 0. The molecule has 0 aliphatic rings. The highest BCUT2D eigenvalue weighted by atomic mass is 15.3. The molecule has 0 aliphatic carbocycles. The Balaban J connectivity index is 3.51. The smallest absolute Gasteiger partial charge is 0.0784 e. The van der Waals surface area contributed by atoms with Gasteiger partial charge in [0.15, 0.2) is 0 Å². The molecular weight excluding hydrogens is 136 g/mol. The minimum absolute atomic E-state index is 0.841. The first-order valence-electron chi connectivity index (χ1n) is 4.72. The van der Waals surface area contributed by atoms with Crippen molar-refractivity contribution in [3.8, 4) is 0 Å². The van der Waals surface area contributed by atoms with Crippen molar-refractivity contribution < 1.29 is 4.48 Å². The molecular formula is C9H23N2+. The summed E-state index contributed by atoms with van der Waals surface area (Å²) in [5, 5.41) is 0. The predicted octanol–water partition coefficient (Wildman–Crippen LogP) is 1.21. The van der Waals surface area contributed by atoms with E-state index in [1.165, 1.54) is 37.0 Å². The zero-order valence-electron chi connectivity index (χ0n) is 8.27. The highest BCUT2D eigenvalue weighted by Crippen LogP contribution is 2.03. The fourth-order valence-corrected chi connectivity index (χ4v) is 1.18. The maximum Gasteiger partial charge on any atom is 0.0784 e. The molecule has 0 radical (unpaired) electrons. The van der Waals surface area contributed by atoms with Crippen molar-refractivity contribution in [3.05, 3.63) is 0 Å². The molecule has 11 heavy (non-hydrogen) atoms. The van der Waals surface area contributed by atoms with Crippen LogP contribution in [0.2, 0.25) is 0 Å². The van der Waals surface area contributed by atoms with Gasteiger partial charge in [-0.05, 0) is 33.2 Å². The number of rotatable bonds is 6. The fraction of sp³-hybridized carbons (Fsp3) is 1.00. The van der Waals surface area contributed by atoms with Gasteiger partial charge in [-0.2, -0.15) is 0 Å². The summed E-state index contributed by atoms with van der Waals surface area (Å²) in [5.74, 6) is 0. The maximum atomic E-state index is 5.43. The molecule has 0 aliphatic heterocycles. The van der Waals surface area contributed by atoms with Crippen molar-refractivity contribution in [1.29, 1.82) is 0 Å². The standard InChI is InChI=1S/C9H23N2/c1-4-11(3,5-2)9-7-6-8-10/h4-10H2,1-3H3/q+1. The predicted molar refractivity (Wildman–Crippen MR) is 50.4 cm³/mol. The molecule has 2 N–H and O–H groups in total. The van der Waals surface area contributed by atoms with E-state index >= 15 is 0 Å². The van der Waals surface area contributed by atoms with Gasteiger partial charge in [0.05, 0.1) is 26.7 Å². The molecule has 0 saturated heterocycles. The maximum absolute atomic E-state index is 5.43. The van der Waals surface area contributed by atoms with E-state index < -0.39 is 0 Å². The molecule has 0 fully saturated rings. The van der Waals surface area contributed by atoms with Gasteiger partial charge in [-0.15, -0.1) is 0 Å². The number of quaternary nitrogens is 1. The van der Waals surface area contributed by atoms with Crippen LogP contribution in [0, 0.1) is 0 Å². The Morgan fingerprint density at radius 2 is 1.64 bits per heavy atom. The monoisotopic (exact) mass is 159 g/mol. The molecule has 2 heteroatoms. The Morgan fingerprint density at radius 3 is 2.00 bits per heavy atom. The molecule has 0 spiro atoms. The Bertz CT molecular complexity index is 87.6. The van der Waals surface area contributed by atoms with Crippen molar-refractivity contribution in [2.75, 3.05) is 33.2 Å². The second kappa shape index (κ2) is 5.56. The van der Waals surface area contributed by atoms with E-state index in [-0.39, 0.29) is 0 Å². The molecule has 0 saturated carbocycles. The minimum Gasteiger partial charge on any atom is -0.330 e. The van der Waals surface area contributed by atoms with Crippen LogP contribution in [-0.4, -0.2) is 37.7 Å². The van der Waals surface area contributed by atoms with E-state index in [4.69, 9.17) is 5.73 Å². The van der Waals surface area contributed by atoms with Crippen LogP contribution in [0.4, 0.5) is 0 Å². The number of unbranched alkanes of at least 4 members (excludes halogenated alkanes) is 1. The molecule has 0 bridgehead atoms. The molecule has 68 valence electrons. The Kier molecular flexibility index (Phi) is 5.51. The number of nitrogens with two attached hydrogens (primary N) is 1. The first-order chi connectivity index (χ1) is 5.18. The lowest BCUT2D eigenvalue weighted by molar-refractivity contribution is -0.906. The summed E-state index contributed by atoms with van der Waals surface area (Å²) in [6.07, 6.45) is 2.45. The second-order valence-corrected chi connectivity index (χ2v) is 3.47. The Labute approximate surface area is 71.0 Å². The highest BCUT2D eigenvalue weighted by molar-refractivity contribution is 4.40. The van der Waals surface area contributed by atoms with Crippen molar-refractivity contribution in [3.63, 3.8) is 0 Å². The molecule has 0 unspecified atom stereocenters. The quantitative estimate of drug-likeness (QED) is 0.457. The van der Waals surface area contributed by atoms with Gasteiger partial charge in [0.1, 0.15) is 0 Å². The van der Waals surface area contributed by atoms with Gasteiger partial charge in [-0.25, -0.2) is 0 Å². The van der Waals surface area contributed by atoms with Crippen LogP contribution in [0.25, 0.3) is 0 Å². The van der Waals surface area contributed by atoms with Gasteiger partial charge >= 0.3 is 0 Å². The van der Waals surface area contributed by atoms with Crippen LogP contribution < -0.4 is 5.73 Å². The van der Waals surface area contributed by atoms with Crippen LogP contribution in [-0.2, 0) is 0 Å². The molecule has 0 aromatic rings. The summed E-state index contributed by atoms with van der Waals surface area (Å²) in [6, 6.07) is 0. The van der Waals surface area contributed by atoms with E-state index in [9.17, 15) is 0 Å². The van der Waals surface area contributed by atoms with Crippen molar-refractivity contribution in [2.24, 2.45) is 5.73 Å². The summed E-state index contributed by atoms with van der Waals surface area (Å²) in [7, 11) is 2.32. The van der Waals surface area contributed by atoms with Gasteiger partial charge < -0.3 is 10.2 Å². The van der Waals surface area contributed by atoms with Crippen LogP contribution in [0.1, 0.15) is 26.7 Å². The van der Waals surface area contributed by atoms with E-state index in [0.717, 1.165) is 6.54 Å². The van der Waals surface area contributed by atoms with Gasteiger partial charge in [-0.1, -0.05) is 0 Å². The molecule has 0 aromatic carbocycles. The first-order valence-corrected chi connectivity index (χ1v) is 4.72. The lowest BCUT2D eigenvalue weighted by Gasteiger charge is -2.32. The van der Waals surface area contributed by atoms with Gasteiger partial charge in [-0.3, -0.25) is 0 Å². The zero-order chi connectivity index (χ0) is 8.74. The average Bonchev–Trinajstić information content (AvgIpc) is 2.05. The van der Waals surface area contributed by atoms with E-state index in [1.54, 1.807) is 0 Å². The normalized spacial score (nSPS) is 12.0. The lowest BCUT2D eigenvalue weighted by atomic mass is 10.2. The molecule has 2 nitrogen and oxygen atoms in total. The molecule has 0 rings (SSSR count). The van der Waals surface area contributed by atoms with Crippen molar-refractivity contribution in [2.45, 2.75) is 26.7 Å². The van der Waals surface area contributed by atoms with Crippen LogP contribution in [0.3, 0.4) is 0 Å². The topological polar surface area (TPSA) is 26.0 Å². The van der Waals surface area contributed by atoms with Gasteiger partial charge in [0.25, 0.3) is 0 Å². The van der Waals surface area contributed by atoms with Crippen molar-refractivity contribution >= 4 is 0 Å². The fourth-order valence-electron chi connectivity index (χ4n) is 1.18. The number of nitrogens with zero attached hydrogens (tertiary/aromatic N) is 1. The first kappa shape index (κ1) is 10.9. The largest absolute Gasteiger partial charge is 0.330 e. The van der Waals surface area contributed by atoms with E-state index in [1.807, 2.05) is 0 Å². The van der Waals surface area contributed by atoms with E-state index in [2.05, 4.69) is 20.9 Å².